The first-order valence-corrected chi connectivity index (χ1v) is 9.24. The Morgan fingerprint density at radius 1 is 1.24 bits per heavy atom. The molecule has 6 nitrogen and oxygen atoms in total. The molecule has 2 aliphatic rings. The molecule has 1 aromatic heterocycles. The van der Waals surface area contributed by atoms with Crippen molar-refractivity contribution in [2.45, 2.75) is 58.0 Å². The van der Waals surface area contributed by atoms with E-state index >= 15 is 0 Å². The van der Waals surface area contributed by atoms with E-state index in [9.17, 15) is 14.4 Å². The molecule has 3 atom stereocenters. The van der Waals surface area contributed by atoms with Crippen molar-refractivity contribution in [3.63, 3.8) is 0 Å². The summed E-state index contributed by atoms with van der Waals surface area (Å²) >= 11 is 0. The summed E-state index contributed by atoms with van der Waals surface area (Å²) in [6, 6.07) is 5.54. The van der Waals surface area contributed by atoms with Crippen molar-refractivity contribution in [1.82, 2.24) is 14.8 Å². The lowest BCUT2D eigenvalue weighted by Gasteiger charge is -2.42. The van der Waals surface area contributed by atoms with Crippen LogP contribution in [0.5, 0.6) is 0 Å². The molecule has 0 unspecified atom stereocenters. The number of piperidine rings is 1. The topological polar surface area (TPSA) is 71.4 Å². The molecule has 0 aliphatic carbocycles. The van der Waals surface area contributed by atoms with Crippen LogP contribution in [0.25, 0.3) is 0 Å². The first kappa shape index (κ1) is 17.7. The summed E-state index contributed by atoms with van der Waals surface area (Å²) in [6.45, 7) is 6.00. The molecule has 2 amide bonds. The summed E-state index contributed by atoms with van der Waals surface area (Å²) < 4.78 is 1.86. The van der Waals surface area contributed by atoms with Gasteiger partial charge >= 0.3 is 0 Å². The summed E-state index contributed by atoms with van der Waals surface area (Å²) in [5, 5.41) is 2.90. The van der Waals surface area contributed by atoms with Crippen LogP contribution in [0.1, 0.15) is 51.1 Å². The van der Waals surface area contributed by atoms with Crippen molar-refractivity contribution in [3.05, 3.63) is 34.2 Å². The summed E-state index contributed by atoms with van der Waals surface area (Å²) in [6.07, 6.45) is 2.41. The van der Waals surface area contributed by atoms with Crippen molar-refractivity contribution >= 4 is 11.8 Å². The standard InChI is InChI=1S/C19H27N3O3/c1-3-13(2)20-17(23)7-8-18(24)21-10-14-9-15(12-21)16-5-4-6-19(25)22(16)11-14/h4-6,13-15H,3,7-12H2,1-2H3,(H,20,23)/t13-,14+,15-/m1/s1. The molecule has 0 radical (unpaired) electrons. The predicted molar refractivity (Wildman–Crippen MR) is 95.3 cm³/mol. The number of rotatable bonds is 5. The smallest absolute Gasteiger partial charge is 0.250 e. The Kier molecular flexibility index (Phi) is 5.25. The zero-order valence-electron chi connectivity index (χ0n) is 15.0. The van der Waals surface area contributed by atoms with E-state index in [1.807, 2.05) is 29.4 Å². The minimum Gasteiger partial charge on any atom is -0.354 e. The largest absolute Gasteiger partial charge is 0.354 e. The number of hydrogen-bond donors (Lipinski definition) is 1. The van der Waals surface area contributed by atoms with E-state index in [0.29, 0.717) is 25.6 Å². The van der Waals surface area contributed by atoms with Crippen LogP contribution < -0.4 is 10.9 Å². The molecule has 1 aromatic rings. The highest BCUT2D eigenvalue weighted by atomic mass is 16.2. The van der Waals surface area contributed by atoms with Gasteiger partial charge in [-0.25, -0.2) is 0 Å². The molecule has 136 valence electrons. The molecule has 2 aliphatic heterocycles. The maximum Gasteiger partial charge on any atom is 0.250 e. The Morgan fingerprint density at radius 2 is 2.04 bits per heavy atom. The average molecular weight is 345 g/mol. The van der Waals surface area contributed by atoms with Gasteiger partial charge in [0, 0.05) is 56.2 Å². The van der Waals surface area contributed by atoms with Crippen molar-refractivity contribution in [2.24, 2.45) is 5.92 Å². The van der Waals surface area contributed by atoms with Crippen LogP contribution in [-0.2, 0) is 16.1 Å². The SMILES string of the molecule is CC[C@@H](C)NC(=O)CCC(=O)N1C[C@@H]2C[C@H](C1)c1cccc(=O)n1C2. The third kappa shape index (κ3) is 3.94. The van der Waals surface area contributed by atoms with Gasteiger partial charge in [-0.3, -0.25) is 14.4 Å². The van der Waals surface area contributed by atoms with Crippen molar-refractivity contribution in [1.29, 1.82) is 0 Å². The number of carbonyl (C=O) groups excluding carboxylic acids is 2. The number of hydrogen-bond acceptors (Lipinski definition) is 3. The highest BCUT2D eigenvalue weighted by molar-refractivity contribution is 5.84. The van der Waals surface area contributed by atoms with Gasteiger partial charge in [-0.15, -0.1) is 0 Å². The molecule has 25 heavy (non-hydrogen) atoms. The van der Waals surface area contributed by atoms with Crippen LogP contribution in [0.3, 0.4) is 0 Å². The van der Waals surface area contributed by atoms with Crippen molar-refractivity contribution in [2.75, 3.05) is 13.1 Å². The summed E-state index contributed by atoms with van der Waals surface area (Å²) in [5.41, 5.74) is 1.09. The van der Waals surface area contributed by atoms with E-state index in [-0.39, 0.29) is 42.2 Å². The Balaban J connectivity index is 1.60. The zero-order chi connectivity index (χ0) is 18.0. The van der Waals surface area contributed by atoms with E-state index in [2.05, 4.69) is 5.32 Å². The Labute approximate surface area is 148 Å². The number of amides is 2. The van der Waals surface area contributed by atoms with Gasteiger partial charge in [-0.1, -0.05) is 13.0 Å². The lowest BCUT2D eigenvalue weighted by Crippen LogP contribution is -2.49. The van der Waals surface area contributed by atoms with E-state index in [1.165, 1.54) is 0 Å². The Morgan fingerprint density at radius 3 is 2.80 bits per heavy atom. The van der Waals surface area contributed by atoms with Gasteiger partial charge in [0.05, 0.1) is 0 Å². The summed E-state index contributed by atoms with van der Waals surface area (Å²) in [5.74, 6) is 0.529. The van der Waals surface area contributed by atoms with E-state index < -0.39 is 0 Å². The second kappa shape index (κ2) is 7.42. The molecule has 2 bridgehead atoms. The van der Waals surface area contributed by atoms with Gasteiger partial charge in [0.15, 0.2) is 0 Å². The third-order valence-electron chi connectivity index (χ3n) is 5.42. The van der Waals surface area contributed by atoms with Gasteiger partial charge < -0.3 is 14.8 Å². The monoisotopic (exact) mass is 345 g/mol. The number of likely N-dealkylation sites (tertiary alicyclic amines) is 1. The summed E-state index contributed by atoms with van der Waals surface area (Å²) in [4.78, 5) is 38.3. The van der Waals surface area contributed by atoms with Crippen LogP contribution >= 0.6 is 0 Å². The lowest BCUT2D eigenvalue weighted by atomic mass is 9.83. The van der Waals surface area contributed by atoms with E-state index in [4.69, 9.17) is 0 Å². The number of carbonyl (C=O) groups is 2. The number of nitrogens with one attached hydrogen (secondary N) is 1. The van der Waals surface area contributed by atoms with Crippen LogP contribution in [0, 0.1) is 5.92 Å². The highest BCUT2D eigenvalue weighted by Crippen LogP contribution is 2.35. The average Bonchev–Trinajstić information content (AvgIpc) is 2.60. The molecule has 1 N–H and O–H groups in total. The fourth-order valence-corrected chi connectivity index (χ4v) is 3.93. The van der Waals surface area contributed by atoms with Crippen LogP contribution in [0.4, 0.5) is 0 Å². The third-order valence-corrected chi connectivity index (χ3v) is 5.42. The van der Waals surface area contributed by atoms with E-state index in [0.717, 1.165) is 18.5 Å². The Hall–Kier alpha value is -2.11. The number of nitrogens with zero attached hydrogens (tertiary/aromatic N) is 2. The predicted octanol–water partition coefficient (Wildman–Crippen LogP) is 1.49. The van der Waals surface area contributed by atoms with Crippen molar-refractivity contribution in [3.8, 4) is 0 Å². The van der Waals surface area contributed by atoms with Gasteiger partial charge in [0.1, 0.15) is 0 Å². The normalized spacial score (nSPS) is 22.9. The summed E-state index contributed by atoms with van der Waals surface area (Å²) in [7, 11) is 0. The molecule has 6 heteroatoms. The molecule has 3 rings (SSSR count). The number of aromatic nitrogens is 1. The molecular weight excluding hydrogens is 318 g/mol. The van der Waals surface area contributed by atoms with Crippen LogP contribution in [0.15, 0.2) is 23.0 Å². The second-order valence-corrected chi connectivity index (χ2v) is 7.37. The van der Waals surface area contributed by atoms with Gasteiger partial charge in [-0.05, 0) is 31.7 Å². The minimum absolute atomic E-state index is 0.0423. The molecule has 0 spiro atoms. The van der Waals surface area contributed by atoms with Gasteiger partial charge in [-0.2, -0.15) is 0 Å². The quantitative estimate of drug-likeness (QED) is 0.879. The van der Waals surface area contributed by atoms with Crippen molar-refractivity contribution < 1.29 is 9.59 Å². The van der Waals surface area contributed by atoms with E-state index in [1.54, 1.807) is 12.1 Å². The molecule has 0 saturated carbocycles. The molecule has 1 fully saturated rings. The Bertz CT molecular complexity index is 712. The molecule has 0 aromatic carbocycles. The fourth-order valence-electron chi connectivity index (χ4n) is 3.93. The maximum absolute atomic E-state index is 12.5. The first-order valence-electron chi connectivity index (χ1n) is 9.24. The molecular formula is C19H27N3O3. The zero-order valence-corrected chi connectivity index (χ0v) is 15.0. The number of fused-ring (bicyclic) bond motifs is 4. The molecule has 1 saturated heterocycles. The van der Waals surface area contributed by atoms with Gasteiger partial charge in [0.2, 0.25) is 11.8 Å². The minimum atomic E-state index is -0.0585. The second-order valence-electron chi connectivity index (χ2n) is 7.37. The highest BCUT2D eigenvalue weighted by Gasteiger charge is 2.36. The maximum atomic E-state index is 12.5. The molecule has 3 heterocycles. The van der Waals surface area contributed by atoms with Crippen LogP contribution in [0.2, 0.25) is 0 Å². The number of pyridine rings is 1. The van der Waals surface area contributed by atoms with Gasteiger partial charge in [0.25, 0.3) is 5.56 Å². The first-order chi connectivity index (χ1) is 12.0. The lowest BCUT2D eigenvalue weighted by molar-refractivity contribution is -0.136. The van der Waals surface area contributed by atoms with Crippen LogP contribution in [-0.4, -0.2) is 40.4 Å². The fraction of sp³-hybridized carbons (Fsp3) is 0.632.